The quantitative estimate of drug-likeness (QED) is 0.395. The summed E-state index contributed by atoms with van der Waals surface area (Å²) < 4.78 is 29.8. The molecule has 6 N–H and O–H groups in total. The number of halogens is 2. The highest BCUT2D eigenvalue weighted by Crippen LogP contribution is 2.43. The first-order valence-electron chi connectivity index (χ1n) is 12.3. The van der Waals surface area contributed by atoms with Gasteiger partial charge in [-0.3, -0.25) is 9.80 Å². The Kier molecular flexibility index (Phi) is 7.75. The second-order valence-electron chi connectivity index (χ2n) is 10.2. The van der Waals surface area contributed by atoms with Gasteiger partial charge in [0.1, 0.15) is 11.6 Å². The maximum Gasteiger partial charge on any atom is 0.128 e. The Morgan fingerprint density at radius 3 is 1.50 bits per heavy atom. The van der Waals surface area contributed by atoms with Crippen molar-refractivity contribution in [1.29, 1.82) is 0 Å². The van der Waals surface area contributed by atoms with Gasteiger partial charge in [-0.1, -0.05) is 48.6 Å². The number of aliphatic hydroxyl groups is 2. The van der Waals surface area contributed by atoms with Crippen LogP contribution in [0.15, 0.2) is 73.8 Å². The van der Waals surface area contributed by atoms with Crippen LogP contribution in [-0.2, 0) is 11.1 Å². The first kappa shape index (κ1) is 26.6. The van der Waals surface area contributed by atoms with Crippen LogP contribution in [-0.4, -0.2) is 71.5 Å². The summed E-state index contributed by atoms with van der Waals surface area (Å²) in [5, 5.41) is 23.2. The summed E-state index contributed by atoms with van der Waals surface area (Å²) in [5.74, 6) is -2.35. The molecule has 2 aliphatic heterocycles. The lowest BCUT2D eigenvalue weighted by atomic mass is 9.71. The summed E-state index contributed by atoms with van der Waals surface area (Å²) in [6.45, 7) is 9.78. The Labute approximate surface area is 211 Å². The third-order valence-electron chi connectivity index (χ3n) is 7.90. The fraction of sp³-hybridized carbons (Fsp3) is 0.429. The second kappa shape index (κ2) is 10.5. The first-order valence-corrected chi connectivity index (χ1v) is 12.3. The van der Waals surface area contributed by atoms with Gasteiger partial charge >= 0.3 is 0 Å². The van der Waals surface area contributed by atoms with Gasteiger partial charge in [0.05, 0.1) is 23.3 Å². The number of aliphatic hydroxyl groups excluding tert-OH is 2. The Bertz CT molecular complexity index is 1020. The molecule has 2 aliphatic rings. The molecule has 4 rings (SSSR count). The van der Waals surface area contributed by atoms with Gasteiger partial charge in [0.2, 0.25) is 0 Å². The molecular weight excluding hydrogens is 462 g/mol. The van der Waals surface area contributed by atoms with Gasteiger partial charge in [0, 0.05) is 62.2 Å². The van der Waals surface area contributed by atoms with E-state index in [0.29, 0.717) is 26.2 Å². The molecule has 0 amide bonds. The molecule has 0 aliphatic carbocycles. The molecular formula is C28H36F2N4O2. The van der Waals surface area contributed by atoms with E-state index in [-0.39, 0.29) is 24.2 Å². The van der Waals surface area contributed by atoms with E-state index in [9.17, 15) is 19.0 Å². The Morgan fingerprint density at radius 1 is 0.806 bits per heavy atom. The Hall–Kier alpha value is -2.46. The van der Waals surface area contributed by atoms with Crippen LogP contribution in [0.4, 0.5) is 8.78 Å². The number of hydrogen-bond donors (Lipinski definition) is 4. The minimum Gasteiger partial charge on any atom is -0.390 e. The standard InChI is InChI=1S/C28H36F2N4O2/c1-3-13-33-15-21(27(31,17-33)19-9-5-7-11-23(19)29)25(35)26(36)22-16-34(14-4-2)18-28(22,32)20-10-6-8-12-24(20)30/h3-12,21-22,25-26,35-36H,1-2,13-18,31-32H2/t21-,22-,25?,26?,27+,28+/m0/s1. The molecule has 2 fully saturated rings. The number of rotatable bonds is 9. The van der Waals surface area contributed by atoms with E-state index in [1.807, 2.05) is 9.80 Å². The monoisotopic (exact) mass is 498 g/mol. The summed E-state index contributed by atoms with van der Waals surface area (Å²) in [7, 11) is 0. The van der Waals surface area contributed by atoms with Gasteiger partial charge < -0.3 is 21.7 Å². The van der Waals surface area contributed by atoms with Crippen LogP contribution in [0.2, 0.25) is 0 Å². The smallest absolute Gasteiger partial charge is 0.128 e. The molecule has 0 saturated carbocycles. The van der Waals surface area contributed by atoms with Crippen molar-refractivity contribution in [3.63, 3.8) is 0 Å². The molecule has 6 atom stereocenters. The van der Waals surface area contributed by atoms with Gasteiger partial charge in [0.25, 0.3) is 0 Å². The van der Waals surface area contributed by atoms with Gasteiger partial charge in [-0.15, -0.1) is 13.2 Å². The number of benzene rings is 2. The SMILES string of the molecule is C=CCN1C[C@@H](C(O)C(O)[C@@H]2CN(CC=C)C[C@@]2(N)c2ccccc2F)[C@](N)(c2ccccc2F)C1. The van der Waals surface area contributed by atoms with Crippen molar-refractivity contribution in [2.45, 2.75) is 23.3 Å². The molecule has 36 heavy (non-hydrogen) atoms. The second-order valence-corrected chi connectivity index (χ2v) is 10.2. The number of nitrogens with zero attached hydrogens (tertiary/aromatic N) is 2. The van der Waals surface area contributed by atoms with Crippen LogP contribution in [0.5, 0.6) is 0 Å². The lowest BCUT2D eigenvalue weighted by molar-refractivity contribution is -0.0673. The van der Waals surface area contributed by atoms with E-state index in [1.54, 1.807) is 48.6 Å². The van der Waals surface area contributed by atoms with Crippen molar-refractivity contribution in [2.24, 2.45) is 23.3 Å². The van der Waals surface area contributed by atoms with Crippen LogP contribution >= 0.6 is 0 Å². The van der Waals surface area contributed by atoms with E-state index >= 15 is 0 Å². The molecule has 8 heteroatoms. The van der Waals surface area contributed by atoms with Crippen LogP contribution in [0.1, 0.15) is 11.1 Å². The lowest BCUT2D eigenvalue weighted by Crippen LogP contribution is -2.57. The first-order chi connectivity index (χ1) is 17.2. The van der Waals surface area contributed by atoms with E-state index in [2.05, 4.69) is 13.2 Å². The molecule has 6 nitrogen and oxygen atoms in total. The zero-order valence-corrected chi connectivity index (χ0v) is 20.4. The highest BCUT2D eigenvalue weighted by atomic mass is 19.1. The van der Waals surface area contributed by atoms with E-state index < -0.39 is 46.8 Å². The summed E-state index contributed by atoms with van der Waals surface area (Å²) in [6.07, 6.45) is 0.765. The Morgan fingerprint density at radius 2 is 1.17 bits per heavy atom. The Balaban J connectivity index is 1.71. The largest absolute Gasteiger partial charge is 0.390 e. The zero-order chi connectivity index (χ0) is 26.1. The molecule has 0 aromatic heterocycles. The van der Waals surface area contributed by atoms with Crippen LogP contribution in [0, 0.1) is 23.5 Å². The number of likely N-dealkylation sites (tertiary alicyclic amines) is 2. The molecule has 2 heterocycles. The van der Waals surface area contributed by atoms with Gasteiger partial charge in [-0.25, -0.2) is 8.78 Å². The maximum atomic E-state index is 14.9. The summed E-state index contributed by atoms with van der Waals surface area (Å²) in [6, 6.07) is 12.5. The normalized spacial score (nSPS) is 30.8. The summed E-state index contributed by atoms with van der Waals surface area (Å²) in [5.41, 5.74) is 11.8. The minimum atomic E-state index is -1.34. The number of nitrogens with two attached hydrogens (primary N) is 2. The third kappa shape index (κ3) is 4.65. The zero-order valence-electron chi connectivity index (χ0n) is 20.4. The van der Waals surface area contributed by atoms with Crippen molar-refractivity contribution in [1.82, 2.24) is 9.80 Å². The number of hydrogen-bond acceptors (Lipinski definition) is 6. The lowest BCUT2D eigenvalue weighted by Gasteiger charge is -2.41. The van der Waals surface area contributed by atoms with Crippen molar-refractivity contribution < 1.29 is 19.0 Å². The molecule has 2 unspecified atom stereocenters. The van der Waals surface area contributed by atoms with Gasteiger partial charge in [-0.2, -0.15) is 0 Å². The average Bonchev–Trinajstić information content (AvgIpc) is 3.36. The fourth-order valence-corrected chi connectivity index (χ4v) is 6.18. The van der Waals surface area contributed by atoms with Gasteiger partial charge in [0.15, 0.2) is 0 Å². The average molecular weight is 499 g/mol. The molecule has 2 saturated heterocycles. The van der Waals surface area contributed by atoms with Crippen LogP contribution < -0.4 is 11.5 Å². The topological polar surface area (TPSA) is 99.0 Å². The summed E-state index contributed by atoms with van der Waals surface area (Å²) in [4.78, 5) is 3.95. The third-order valence-corrected chi connectivity index (χ3v) is 7.90. The van der Waals surface area contributed by atoms with Crippen LogP contribution in [0.25, 0.3) is 0 Å². The summed E-state index contributed by atoms with van der Waals surface area (Å²) >= 11 is 0. The molecule has 0 bridgehead atoms. The predicted octanol–water partition coefficient (Wildman–Crippen LogP) is 1.93. The fourth-order valence-electron chi connectivity index (χ4n) is 6.18. The maximum absolute atomic E-state index is 14.9. The van der Waals surface area contributed by atoms with E-state index in [1.165, 1.54) is 12.1 Å². The van der Waals surface area contributed by atoms with Crippen molar-refractivity contribution in [3.8, 4) is 0 Å². The molecule has 0 spiro atoms. The van der Waals surface area contributed by atoms with E-state index in [0.717, 1.165) is 0 Å². The van der Waals surface area contributed by atoms with Gasteiger partial charge in [-0.05, 0) is 12.1 Å². The molecule has 194 valence electrons. The molecule has 2 aromatic carbocycles. The van der Waals surface area contributed by atoms with Crippen LogP contribution in [0.3, 0.4) is 0 Å². The predicted molar refractivity (Wildman–Crippen MR) is 137 cm³/mol. The highest BCUT2D eigenvalue weighted by molar-refractivity contribution is 5.32. The van der Waals surface area contributed by atoms with E-state index in [4.69, 9.17) is 11.5 Å². The van der Waals surface area contributed by atoms with Crippen molar-refractivity contribution in [2.75, 3.05) is 39.3 Å². The minimum absolute atomic E-state index is 0.278. The molecule has 0 radical (unpaired) electrons. The van der Waals surface area contributed by atoms with Crippen molar-refractivity contribution in [3.05, 3.63) is 96.6 Å². The molecule has 2 aromatic rings. The van der Waals surface area contributed by atoms with Crippen molar-refractivity contribution >= 4 is 0 Å². The highest BCUT2D eigenvalue weighted by Gasteiger charge is 2.56.